The summed E-state index contributed by atoms with van der Waals surface area (Å²) in [6.07, 6.45) is 0.728. The van der Waals surface area contributed by atoms with E-state index in [-0.39, 0.29) is 18.9 Å². The number of non-ortho nitro benzene ring substituents is 1. The van der Waals surface area contributed by atoms with E-state index in [1.165, 1.54) is 29.5 Å². The molecule has 0 saturated carbocycles. The highest BCUT2D eigenvalue weighted by Crippen LogP contribution is 2.29. The van der Waals surface area contributed by atoms with Gasteiger partial charge in [-0.2, -0.15) is 0 Å². The van der Waals surface area contributed by atoms with Gasteiger partial charge in [-0.1, -0.05) is 6.92 Å². The van der Waals surface area contributed by atoms with Gasteiger partial charge in [-0.3, -0.25) is 14.9 Å². The molecule has 0 aliphatic carbocycles. The molecule has 1 aromatic carbocycles. The molecule has 9 heteroatoms. The number of benzene rings is 1. The van der Waals surface area contributed by atoms with Crippen molar-refractivity contribution in [2.75, 3.05) is 18.5 Å². The first-order valence-corrected chi connectivity index (χ1v) is 9.14. The average molecular weight is 392 g/mol. The number of thiophene rings is 1. The number of nitrogens with zero attached hydrogens (tertiary/aromatic N) is 1. The second-order valence-corrected chi connectivity index (χ2v) is 6.71. The van der Waals surface area contributed by atoms with Crippen LogP contribution in [-0.4, -0.2) is 30.0 Å². The number of anilines is 1. The van der Waals surface area contributed by atoms with Crippen molar-refractivity contribution in [2.45, 2.75) is 27.2 Å². The molecule has 0 aliphatic rings. The van der Waals surface area contributed by atoms with E-state index in [9.17, 15) is 19.7 Å². The molecule has 144 valence electrons. The fourth-order valence-corrected chi connectivity index (χ4v) is 3.29. The van der Waals surface area contributed by atoms with Crippen LogP contribution in [0.2, 0.25) is 0 Å². The summed E-state index contributed by atoms with van der Waals surface area (Å²) < 4.78 is 10.5. The van der Waals surface area contributed by atoms with E-state index < -0.39 is 16.8 Å². The highest BCUT2D eigenvalue weighted by molar-refractivity contribution is 7.16. The number of aryl methyl sites for hydroxylation is 2. The Morgan fingerprint density at radius 2 is 2.00 bits per heavy atom. The first-order chi connectivity index (χ1) is 12.8. The third kappa shape index (κ3) is 5.27. The fourth-order valence-electron chi connectivity index (χ4n) is 2.28. The number of carbonyl (C=O) groups is 2. The fraction of sp³-hybridized carbons (Fsp3) is 0.333. The minimum Gasteiger partial charge on any atom is -0.483 e. The van der Waals surface area contributed by atoms with Crippen LogP contribution in [0.4, 0.5) is 10.7 Å². The summed E-state index contributed by atoms with van der Waals surface area (Å²) in [4.78, 5) is 35.5. The molecule has 0 aliphatic heterocycles. The summed E-state index contributed by atoms with van der Waals surface area (Å²) >= 11 is 1.31. The van der Waals surface area contributed by atoms with E-state index in [4.69, 9.17) is 9.47 Å². The van der Waals surface area contributed by atoms with Gasteiger partial charge in [0.1, 0.15) is 10.8 Å². The summed E-state index contributed by atoms with van der Waals surface area (Å²) in [5.74, 6) is -0.555. The van der Waals surface area contributed by atoms with Gasteiger partial charge in [-0.05, 0) is 38.0 Å². The lowest BCUT2D eigenvalue weighted by Crippen LogP contribution is -2.21. The first-order valence-electron chi connectivity index (χ1n) is 8.33. The first kappa shape index (κ1) is 20.4. The Bertz CT molecular complexity index is 862. The zero-order valence-corrected chi connectivity index (χ0v) is 16.1. The van der Waals surface area contributed by atoms with Crippen LogP contribution in [0.3, 0.4) is 0 Å². The van der Waals surface area contributed by atoms with Crippen LogP contribution in [0.5, 0.6) is 5.75 Å². The van der Waals surface area contributed by atoms with Crippen molar-refractivity contribution in [2.24, 2.45) is 0 Å². The molecule has 1 aromatic heterocycles. The smallest absolute Gasteiger partial charge is 0.341 e. The molecule has 0 saturated heterocycles. The maximum atomic E-state index is 12.2. The van der Waals surface area contributed by atoms with Gasteiger partial charge in [0.2, 0.25) is 0 Å². The molecule has 1 amide bonds. The van der Waals surface area contributed by atoms with E-state index in [2.05, 4.69) is 5.32 Å². The summed E-state index contributed by atoms with van der Waals surface area (Å²) in [7, 11) is 0. The van der Waals surface area contributed by atoms with Crippen LogP contribution >= 0.6 is 11.3 Å². The number of amides is 1. The summed E-state index contributed by atoms with van der Waals surface area (Å²) in [6.45, 7) is 5.27. The molecule has 2 aromatic rings. The third-order valence-electron chi connectivity index (χ3n) is 3.61. The number of carbonyl (C=O) groups excluding carboxylic acids is 2. The molecule has 1 N–H and O–H groups in total. The Hall–Kier alpha value is -2.94. The van der Waals surface area contributed by atoms with Crippen LogP contribution in [0.15, 0.2) is 24.3 Å². The second kappa shape index (κ2) is 9.13. The number of hydrogen-bond acceptors (Lipinski definition) is 7. The van der Waals surface area contributed by atoms with Crippen molar-refractivity contribution in [1.29, 1.82) is 0 Å². The zero-order chi connectivity index (χ0) is 20.0. The number of ether oxygens (including phenoxy) is 2. The van der Waals surface area contributed by atoms with E-state index in [1.54, 1.807) is 19.9 Å². The minimum absolute atomic E-state index is 0.0472. The SMILES string of the molecule is CCOC(=O)c1cc(CC)sc1NC(=O)COc1ccc([N+](=O)[O-])cc1C. The van der Waals surface area contributed by atoms with Crippen molar-refractivity contribution in [3.8, 4) is 5.75 Å². The summed E-state index contributed by atoms with van der Waals surface area (Å²) in [5, 5.41) is 13.8. The molecule has 2 rings (SSSR count). The van der Waals surface area contributed by atoms with E-state index in [0.717, 1.165) is 11.3 Å². The molecule has 1 heterocycles. The molecule has 8 nitrogen and oxygen atoms in total. The molecule has 0 bridgehead atoms. The van der Waals surface area contributed by atoms with Crippen LogP contribution in [-0.2, 0) is 16.0 Å². The number of esters is 1. The Labute approximate surface area is 160 Å². The molecule has 0 radical (unpaired) electrons. The van der Waals surface area contributed by atoms with Crippen LogP contribution < -0.4 is 10.1 Å². The molecule has 0 unspecified atom stereocenters. The molecular weight excluding hydrogens is 372 g/mol. The number of nitro groups is 1. The molecular formula is C18H20N2O6S. The normalized spacial score (nSPS) is 10.3. The van der Waals surface area contributed by atoms with E-state index in [0.29, 0.717) is 21.9 Å². The number of rotatable bonds is 8. The van der Waals surface area contributed by atoms with Crippen LogP contribution in [0.1, 0.15) is 34.6 Å². The highest BCUT2D eigenvalue weighted by Gasteiger charge is 2.19. The lowest BCUT2D eigenvalue weighted by Gasteiger charge is -2.09. The Kier molecular flexibility index (Phi) is 6.89. The average Bonchev–Trinajstić information content (AvgIpc) is 3.03. The molecule has 0 fully saturated rings. The van der Waals surface area contributed by atoms with Gasteiger partial charge < -0.3 is 14.8 Å². The van der Waals surface area contributed by atoms with E-state index >= 15 is 0 Å². The molecule has 0 spiro atoms. The summed E-state index contributed by atoms with van der Waals surface area (Å²) in [5.41, 5.74) is 0.821. The highest BCUT2D eigenvalue weighted by atomic mass is 32.1. The standard InChI is InChI=1S/C18H20N2O6S/c1-4-13-9-14(18(22)25-5-2)17(27-13)19-16(21)10-26-15-7-6-12(20(23)24)8-11(15)3/h6-9H,4-5,10H2,1-3H3,(H,19,21). The quantitative estimate of drug-likeness (QED) is 0.417. The van der Waals surface area contributed by atoms with E-state index in [1.807, 2.05) is 6.92 Å². The Morgan fingerprint density at radius 3 is 2.59 bits per heavy atom. The molecule has 0 atom stereocenters. The van der Waals surface area contributed by atoms with Gasteiger partial charge in [0.25, 0.3) is 11.6 Å². The maximum Gasteiger partial charge on any atom is 0.341 e. The Morgan fingerprint density at radius 1 is 1.26 bits per heavy atom. The second-order valence-electron chi connectivity index (χ2n) is 5.57. The third-order valence-corrected chi connectivity index (χ3v) is 4.80. The van der Waals surface area contributed by atoms with Gasteiger partial charge >= 0.3 is 5.97 Å². The zero-order valence-electron chi connectivity index (χ0n) is 15.2. The largest absolute Gasteiger partial charge is 0.483 e. The lowest BCUT2D eigenvalue weighted by atomic mass is 10.2. The van der Waals surface area contributed by atoms with Crippen LogP contribution in [0, 0.1) is 17.0 Å². The van der Waals surface area contributed by atoms with Crippen molar-refractivity contribution < 1.29 is 24.0 Å². The number of hydrogen-bond donors (Lipinski definition) is 1. The van der Waals surface area contributed by atoms with Crippen LogP contribution in [0.25, 0.3) is 0 Å². The number of nitrogens with one attached hydrogen (secondary N) is 1. The van der Waals surface area contributed by atoms with Crippen molar-refractivity contribution in [3.63, 3.8) is 0 Å². The van der Waals surface area contributed by atoms with Gasteiger partial charge in [-0.15, -0.1) is 11.3 Å². The Balaban J connectivity index is 2.05. The van der Waals surface area contributed by atoms with Crippen molar-refractivity contribution in [3.05, 3.63) is 50.4 Å². The monoisotopic (exact) mass is 392 g/mol. The van der Waals surface area contributed by atoms with Crippen molar-refractivity contribution in [1.82, 2.24) is 0 Å². The van der Waals surface area contributed by atoms with Gasteiger partial charge in [-0.25, -0.2) is 4.79 Å². The maximum absolute atomic E-state index is 12.2. The van der Waals surface area contributed by atoms with Gasteiger partial charge in [0, 0.05) is 17.0 Å². The van der Waals surface area contributed by atoms with Gasteiger partial charge in [0.05, 0.1) is 17.1 Å². The minimum atomic E-state index is -0.498. The predicted molar refractivity (Wildman–Crippen MR) is 102 cm³/mol. The summed E-state index contributed by atoms with van der Waals surface area (Å²) in [6, 6.07) is 5.84. The lowest BCUT2D eigenvalue weighted by molar-refractivity contribution is -0.384. The van der Waals surface area contributed by atoms with Gasteiger partial charge in [0.15, 0.2) is 6.61 Å². The topological polar surface area (TPSA) is 108 Å². The predicted octanol–water partition coefficient (Wildman–Crippen LogP) is 3.72. The van der Waals surface area contributed by atoms with Crippen molar-refractivity contribution >= 4 is 33.9 Å². The molecule has 27 heavy (non-hydrogen) atoms. The number of nitro benzene ring substituents is 1.